The number of hydrogen-bond acceptors (Lipinski definition) is 3. The number of thiophene rings is 1. The van der Waals surface area contributed by atoms with Gasteiger partial charge in [-0.2, -0.15) is 0 Å². The van der Waals surface area contributed by atoms with Gasteiger partial charge in [-0.15, -0.1) is 11.3 Å². The summed E-state index contributed by atoms with van der Waals surface area (Å²) in [7, 11) is -3.76. The highest BCUT2D eigenvalue weighted by atomic mass is 79.9. The third-order valence-corrected chi connectivity index (χ3v) is 6.16. The molecule has 0 bridgehead atoms. The molecule has 0 radical (unpaired) electrons. The van der Waals surface area contributed by atoms with Gasteiger partial charge in [-0.1, -0.05) is 57.3 Å². The molecule has 1 atom stereocenters. The molecule has 2 aromatic rings. The average Bonchev–Trinajstić information content (AvgIpc) is 2.69. The Labute approximate surface area is 140 Å². The molecule has 0 spiro atoms. The van der Waals surface area contributed by atoms with Crippen molar-refractivity contribution in [3.8, 4) is 0 Å². The number of hydrogen-bond donors (Lipinski definition) is 1. The number of alkyl halides is 1. The summed E-state index contributed by atoms with van der Waals surface area (Å²) in [6, 6.07) is 8.50. The summed E-state index contributed by atoms with van der Waals surface area (Å²) in [6.45, 7) is 1.92. The van der Waals surface area contributed by atoms with E-state index in [1.54, 1.807) is 12.1 Å². The van der Waals surface area contributed by atoms with Gasteiger partial charge in [-0.05, 0) is 24.6 Å². The quantitative estimate of drug-likeness (QED) is 0.688. The molecule has 0 saturated carbocycles. The second-order valence-electron chi connectivity index (χ2n) is 4.00. The number of nitrogens with one attached hydrogen (secondary N) is 1. The molecule has 1 heterocycles. The predicted molar refractivity (Wildman–Crippen MR) is 88.9 cm³/mol. The lowest BCUT2D eigenvalue weighted by Crippen LogP contribution is -2.14. The van der Waals surface area contributed by atoms with Crippen LogP contribution in [0.15, 0.2) is 35.2 Å². The molecular weight excluding hydrogens is 405 g/mol. The minimum absolute atomic E-state index is 0.00815. The number of sulfonamides is 1. The van der Waals surface area contributed by atoms with Gasteiger partial charge in [0.1, 0.15) is 9.23 Å². The van der Waals surface area contributed by atoms with Gasteiger partial charge in [0.2, 0.25) is 0 Å². The van der Waals surface area contributed by atoms with Crippen molar-refractivity contribution >= 4 is 66.2 Å². The van der Waals surface area contributed by atoms with E-state index in [1.807, 2.05) is 19.1 Å². The Hall–Kier alpha value is -0.270. The molecule has 0 aliphatic carbocycles. The molecule has 8 heteroatoms. The van der Waals surface area contributed by atoms with Crippen LogP contribution in [0, 0.1) is 0 Å². The lowest BCUT2D eigenvalue weighted by molar-refractivity contribution is 0.601. The number of benzene rings is 1. The van der Waals surface area contributed by atoms with Gasteiger partial charge in [-0.25, -0.2) is 8.42 Å². The average molecular weight is 415 g/mol. The summed E-state index contributed by atoms with van der Waals surface area (Å²) < 4.78 is 27.7. The van der Waals surface area contributed by atoms with Crippen LogP contribution in [0.2, 0.25) is 8.67 Å². The fourth-order valence-corrected chi connectivity index (χ4v) is 5.28. The van der Waals surface area contributed by atoms with E-state index in [9.17, 15) is 8.42 Å². The third kappa shape index (κ3) is 3.49. The molecule has 0 fully saturated rings. The summed E-state index contributed by atoms with van der Waals surface area (Å²) in [5.41, 5.74) is 1.35. The lowest BCUT2D eigenvalue weighted by Gasteiger charge is -2.13. The van der Waals surface area contributed by atoms with Crippen LogP contribution in [0.4, 0.5) is 5.69 Å². The van der Waals surface area contributed by atoms with Crippen LogP contribution >= 0.6 is 50.5 Å². The largest absolute Gasteiger partial charge is 0.279 e. The number of para-hydroxylation sites is 1. The summed E-state index contributed by atoms with van der Waals surface area (Å²) in [6.07, 6.45) is 0. The second kappa shape index (κ2) is 6.23. The smallest absolute Gasteiger partial charge is 0.264 e. The van der Waals surface area contributed by atoms with Crippen molar-refractivity contribution in [2.24, 2.45) is 0 Å². The highest BCUT2D eigenvalue weighted by molar-refractivity contribution is 9.09. The van der Waals surface area contributed by atoms with Crippen LogP contribution in [-0.4, -0.2) is 8.42 Å². The molecule has 1 unspecified atom stereocenters. The van der Waals surface area contributed by atoms with Gasteiger partial charge in [-0.3, -0.25) is 4.72 Å². The second-order valence-corrected chi connectivity index (χ2v) is 9.31. The molecule has 3 nitrogen and oxygen atoms in total. The number of rotatable bonds is 4. The van der Waals surface area contributed by atoms with Crippen LogP contribution in [-0.2, 0) is 10.0 Å². The molecular formula is C12H10BrCl2NO2S2. The van der Waals surface area contributed by atoms with E-state index in [2.05, 4.69) is 20.7 Å². The van der Waals surface area contributed by atoms with Gasteiger partial charge in [0, 0.05) is 4.83 Å². The Morgan fingerprint density at radius 2 is 1.95 bits per heavy atom. The molecule has 108 valence electrons. The molecule has 1 aromatic heterocycles. The van der Waals surface area contributed by atoms with Crippen LogP contribution in [0.5, 0.6) is 0 Å². The molecule has 0 aliphatic rings. The van der Waals surface area contributed by atoms with E-state index in [4.69, 9.17) is 23.2 Å². The Balaban J connectivity index is 2.41. The van der Waals surface area contributed by atoms with E-state index in [1.165, 1.54) is 6.07 Å². The minimum atomic E-state index is -3.76. The first-order chi connectivity index (χ1) is 9.31. The fourth-order valence-electron chi connectivity index (χ4n) is 1.64. The molecule has 0 aliphatic heterocycles. The third-order valence-electron chi connectivity index (χ3n) is 2.55. The van der Waals surface area contributed by atoms with Crippen molar-refractivity contribution in [2.75, 3.05) is 4.72 Å². The predicted octanol–water partition coefficient (Wildman–Crippen LogP) is 5.31. The van der Waals surface area contributed by atoms with Gasteiger partial charge in [0.15, 0.2) is 0 Å². The Bertz CT molecular complexity index is 729. The van der Waals surface area contributed by atoms with Gasteiger partial charge in [0.05, 0.1) is 10.0 Å². The maximum atomic E-state index is 12.3. The Kier molecular flexibility index (Phi) is 5.02. The van der Waals surface area contributed by atoms with Crippen molar-refractivity contribution in [1.29, 1.82) is 0 Å². The fraction of sp³-hybridized carbons (Fsp3) is 0.167. The van der Waals surface area contributed by atoms with Gasteiger partial charge >= 0.3 is 0 Å². The molecule has 0 saturated heterocycles. The maximum Gasteiger partial charge on any atom is 0.264 e. The monoisotopic (exact) mass is 413 g/mol. The van der Waals surface area contributed by atoms with Crippen LogP contribution in [0.3, 0.4) is 0 Å². The van der Waals surface area contributed by atoms with Crippen molar-refractivity contribution in [3.63, 3.8) is 0 Å². The molecule has 0 amide bonds. The highest BCUT2D eigenvalue weighted by Crippen LogP contribution is 2.36. The van der Waals surface area contributed by atoms with E-state index in [0.717, 1.165) is 16.9 Å². The molecule has 2 rings (SSSR count). The molecule has 20 heavy (non-hydrogen) atoms. The number of halogens is 3. The molecule has 1 N–H and O–H groups in total. The summed E-state index contributed by atoms with van der Waals surface area (Å²) >= 11 is 16.1. The normalized spacial score (nSPS) is 13.2. The topological polar surface area (TPSA) is 46.2 Å². The Morgan fingerprint density at radius 3 is 2.50 bits per heavy atom. The van der Waals surface area contributed by atoms with Crippen LogP contribution in [0.1, 0.15) is 17.3 Å². The van der Waals surface area contributed by atoms with Crippen LogP contribution in [0.25, 0.3) is 0 Å². The van der Waals surface area contributed by atoms with Gasteiger partial charge in [0.25, 0.3) is 10.0 Å². The Morgan fingerprint density at radius 1 is 1.30 bits per heavy atom. The first-order valence-corrected chi connectivity index (χ1v) is 9.49. The van der Waals surface area contributed by atoms with E-state index >= 15 is 0 Å². The van der Waals surface area contributed by atoms with E-state index < -0.39 is 10.0 Å². The zero-order chi connectivity index (χ0) is 14.9. The van der Waals surface area contributed by atoms with E-state index in [0.29, 0.717) is 10.0 Å². The van der Waals surface area contributed by atoms with Gasteiger partial charge < -0.3 is 0 Å². The van der Waals surface area contributed by atoms with Crippen molar-refractivity contribution in [1.82, 2.24) is 0 Å². The minimum Gasteiger partial charge on any atom is -0.279 e. The first-order valence-electron chi connectivity index (χ1n) is 5.52. The summed E-state index contributed by atoms with van der Waals surface area (Å²) in [4.78, 5) is 0.00845. The van der Waals surface area contributed by atoms with E-state index in [-0.39, 0.29) is 14.1 Å². The highest BCUT2D eigenvalue weighted by Gasteiger charge is 2.22. The summed E-state index contributed by atoms with van der Waals surface area (Å²) in [5.74, 6) is 0. The maximum absolute atomic E-state index is 12.3. The number of anilines is 1. The zero-order valence-electron chi connectivity index (χ0n) is 10.2. The summed E-state index contributed by atoms with van der Waals surface area (Å²) in [5, 5.41) is 0. The zero-order valence-corrected chi connectivity index (χ0v) is 15.0. The van der Waals surface area contributed by atoms with Crippen molar-refractivity contribution in [2.45, 2.75) is 16.6 Å². The standard InChI is InChI=1S/C12H10BrCl2NO2S2/c1-7(13)8-4-2-3-5-9(8)16-20(17,18)10-6-11(14)19-12(10)15/h2-7,16H,1H3. The molecule has 1 aromatic carbocycles. The van der Waals surface area contributed by atoms with Crippen molar-refractivity contribution in [3.05, 3.63) is 44.6 Å². The van der Waals surface area contributed by atoms with Crippen LogP contribution < -0.4 is 4.72 Å². The SMILES string of the molecule is CC(Br)c1ccccc1NS(=O)(=O)c1cc(Cl)sc1Cl. The first kappa shape index (κ1) is 16.1. The van der Waals surface area contributed by atoms with Crippen molar-refractivity contribution < 1.29 is 8.42 Å². The lowest BCUT2D eigenvalue weighted by atomic mass is 10.1.